The van der Waals surface area contributed by atoms with Crippen LogP contribution < -0.4 is 19.4 Å². The standard InChI is InChI=1S/C24H22FN7O3/c25-20-11-18(32-19(16-35-24(32)33)15-34-23-14-27-5-6-28-23)2-3-21(20)30-7-9-31(10-8-30)22-4-1-17(12-26)13-29-22/h1-6,11,13-14,19H,7-10,15-16H2. The quantitative estimate of drug-likeness (QED) is 0.532. The lowest BCUT2D eigenvalue weighted by Gasteiger charge is -2.37. The van der Waals surface area contributed by atoms with E-state index < -0.39 is 18.0 Å². The molecule has 35 heavy (non-hydrogen) atoms. The van der Waals surface area contributed by atoms with Crippen molar-refractivity contribution in [1.29, 1.82) is 5.26 Å². The number of anilines is 3. The maximum absolute atomic E-state index is 15.2. The molecule has 3 aromatic rings. The first kappa shape index (κ1) is 22.3. The number of halogens is 1. The molecule has 1 unspecified atom stereocenters. The average Bonchev–Trinajstić information content (AvgIpc) is 3.28. The van der Waals surface area contributed by atoms with E-state index in [0.717, 1.165) is 5.82 Å². The van der Waals surface area contributed by atoms with Crippen molar-refractivity contribution in [3.8, 4) is 11.9 Å². The Morgan fingerprint density at radius 1 is 1.09 bits per heavy atom. The highest BCUT2D eigenvalue weighted by atomic mass is 19.1. The van der Waals surface area contributed by atoms with Gasteiger partial charge in [0.2, 0.25) is 5.88 Å². The highest BCUT2D eigenvalue weighted by molar-refractivity contribution is 5.90. The van der Waals surface area contributed by atoms with Gasteiger partial charge in [-0.2, -0.15) is 5.26 Å². The van der Waals surface area contributed by atoms with Crippen molar-refractivity contribution in [3.63, 3.8) is 0 Å². The van der Waals surface area contributed by atoms with E-state index in [1.54, 1.807) is 24.4 Å². The molecule has 2 fully saturated rings. The van der Waals surface area contributed by atoms with Gasteiger partial charge < -0.3 is 19.3 Å². The third-order valence-electron chi connectivity index (χ3n) is 5.95. The van der Waals surface area contributed by atoms with Crippen molar-refractivity contribution in [2.24, 2.45) is 0 Å². The summed E-state index contributed by atoms with van der Waals surface area (Å²) in [6.45, 7) is 2.82. The largest absolute Gasteiger partial charge is 0.474 e. The van der Waals surface area contributed by atoms with Gasteiger partial charge in [-0.25, -0.2) is 19.2 Å². The van der Waals surface area contributed by atoms with Gasteiger partial charge in [-0.15, -0.1) is 0 Å². The number of hydrogen-bond donors (Lipinski definition) is 0. The summed E-state index contributed by atoms with van der Waals surface area (Å²) in [4.78, 5) is 30.2. The SMILES string of the molecule is N#Cc1ccc(N2CCN(c3ccc(N4C(=O)OCC4COc4cnccn4)cc3F)CC2)nc1. The van der Waals surface area contributed by atoms with Gasteiger partial charge in [-0.3, -0.25) is 9.88 Å². The van der Waals surface area contributed by atoms with Gasteiger partial charge in [0.25, 0.3) is 0 Å². The molecule has 0 aliphatic carbocycles. The lowest BCUT2D eigenvalue weighted by atomic mass is 10.2. The Morgan fingerprint density at radius 3 is 2.60 bits per heavy atom. The van der Waals surface area contributed by atoms with E-state index in [1.807, 2.05) is 11.0 Å². The number of rotatable bonds is 6. The number of carbonyl (C=O) groups is 1. The molecule has 2 saturated heterocycles. The van der Waals surface area contributed by atoms with Crippen LogP contribution in [0.4, 0.5) is 26.4 Å². The lowest BCUT2D eigenvalue weighted by Crippen LogP contribution is -2.47. The molecular formula is C24H22FN7O3. The molecule has 4 heterocycles. The van der Waals surface area contributed by atoms with Crippen LogP contribution in [0.5, 0.6) is 5.88 Å². The Hall–Kier alpha value is -4.46. The monoisotopic (exact) mass is 475 g/mol. The molecule has 2 aromatic heterocycles. The molecule has 0 saturated carbocycles. The molecule has 0 radical (unpaired) electrons. The number of nitriles is 1. The summed E-state index contributed by atoms with van der Waals surface area (Å²) in [6.07, 6.45) is 5.53. The van der Waals surface area contributed by atoms with E-state index in [0.29, 0.717) is 49.0 Å². The Kier molecular flexibility index (Phi) is 6.26. The summed E-state index contributed by atoms with van der Waals surface area (Å²) in [7, 11) is 0. The van der Waals surface area contributed by atoms with Crippen LogP contribution in [-0.2, 0) is 4.74 Å². The summed E-state index contributed by atoms with van der Waals surface area (Å²) >= 11 is 0. The van der Waals surface area contributed by atoms with Crippen LogP contribution in [0.2, 0.25) is 0 Å². The number of cyclic esters (lactones) is 1. The van der Waals surface area contributed by atoms with Crippen LogP contribution in [-0.4, -0.2) is 66.5 Å². The molecule has 1 atom stereocenters. The van der Waals surface area contributed by atoms with Gasteiger partial charge in [-0.1, -0.05) is 0 Å². The first-order chi connectivity index (χ1) is 17.1. The molecule has 5 rings (SSSR count). The Balaban J connectivity index is 1.24. The van der Waals surface area contributed by atoms with Crippen LogP contribution in [0, 0.1) is 17.1 Å². The number of ether oxygens (including phenoxy) is 2. The van der Waals surface area contributed by atoms with E-state index >= 15 is 4.39 Å². The zero-order valence-electron chi connectivity index (χ0n) is 18.7. The number of piperazine rings is 1. The lowest BCUT2D eigenvalue weighted by molar-refractivity contribution is 0.175. The zero-order valence-corrected chi connectivity index (χ0v) is 18.7. The Bertz CT molecular complexity index is 1230. The first-order valence-electron chi connectivity index (χ1n) is 11.1. The van der Waals surface area contributed by atoms with Crippen LogP contribution in [0.3, 0.4) is 0 Å². The second-order valence-electron chi connectivity index (χ2n) is 8.08. The van der Waals surface area contributed by atoms with Crippen molar-refractivity contribution in [3.05, 3.63) is 66.5 Å². The maximum atomic E-state index is 15.2. The molecule has 11 heteroatoms. The fourth-order valence-electron chi connectivity index (χ4n) is 4.16. The first-order valence-corrected chi connectivity index (χ1v) is 11.1. The van der Waals surface area contributed by atoms with Gasteiger partial charge >= 0.3 is 6.09 Å². The number of nitrogens with zero attached hydrogens (tertiary/aromatic N) is 7. The summed E-state index contributed by atoms with van der Waals surface area (Å²) in [6, 6.07) is 9.96. The number of carbonyl (C=O) groups excluding carboxylic acids is 1. The van der Waals surface area contributed by atoms with Crippen LogP contribution in [0.25, 0.3) is 0 Å². The predicted molar refractivity (Wildman–Crippen MR) is 125 cm³/mol. The fraction of sp³-hybridized carbons (Fsp3) is 0.292. The Morgan fingerprint density at radius 2 is 1.91 bits per heavy atom. The molecule has 2 aliphatic rings. The molecule has 0 N–H and O–H groups in total. The number of pyridine rings is 1. The summed E-state index contributed by atoms with van der Waals surface area (Å²) in [5, 5.41) is 8.93. The fourth-order valence-corrected chi connectivity index (χ4v) is 4.16. The van der Waals surface area contributed by atoms with E-state index in [1.165, 1.54) is 29.6 Å². The van der Waals surface area contributed by atoms with Gasteiger partial charge in [0, 0.05) is 44.8 Å². The highest BCUT2D eigenvalue weighted by Gasteiger charge is 2.35. The topological polar surface area (TPSA) is 108 Å². The normalized spacial score (nSPS) is 17.8. The molecule has 1 aromatic carbocycles. The van der Waals surface area contributed by atoms with Gasteiger partial charge in [-0.05, 0) is 30.3 Å². The molecule has 0 bridgehead atoms. The maximum Gasteiger partial charge on any atom is 0.414 e. The van der Waals surface area contributed by atoms with Crippen LogP contribution in [0.15, 0.2) is 55.1 Å². The molecule has 10 nitrogen and oxygen atoms in total. The molecule has 1 amide bonds. The van der Waals surface area contributed by atoms with Crippen molar-refractivity contribution >= 4 is 23.3 Å². The van der Waals surface area contributed by atoms with Crippen molar-refractivity contribution < 1.29 is 18.7 Å². The second-order valence-corrected chi connectivity index (χ2v) is 8.08. The highest BCUT2D eigenvalue weighted by Crippen LogP contribution is 2.30. The summed E-state index contributed by atoms with van der Waals surface area (Å²) in [5.41, 5.74) is 1.39. The minimum Gasteiger partial charge on any atom is -0.474 e. The number of benzene rings is 1. The van der Waals surface area contributed by atoms with Crippen LogP contribution in [0.1, 0.15) is 5.56 Å². The van der Waals surface area contributed by atoms with Crippen LogP contribution >= 0.6 is 0 Å². The molecular weight excluding hydrogens is 453 g/mol. The number of hydrogen-bond acceptors (Lipinski definition) is 9. The predicted octanol–water partition coefficient (Wildman–Crippen LogP) is 2.61. The molecule has 2 aliphatic heterocycles. The summed E-state index contributed by atoms with van der Waals surface area (Å²) < 4.78 is 26.0. The van der Waals surface area contributed by atoms with E-state index in [-0.39, 0.29) is 13.2 Å². The summed E-state index contributed by atoms with van der Waals surface area (Å²) in [5.74, 6) is 0.714. The van der Waals surface area contributed by atoms with Gasteiger partial charge in [0.05, 0.1) is 23.1 Å². The van der Waals surface area contributed by atoms with Gasteiger partial charge in [0.15, 0.2) is 0 Å². The third-order valence-corrected chi connectivity index (χ3v) is 5.95. The molecule has 0 spiro atoms. The number of aromatic nitrogens is 3. The van der Waals surface area contributed by atoms with Crippen molar-refractivity contribution in [2.75, 3.05) is 54.1 Å². The average molecular weight is 475 g/mol. The minimum absolute atomic E-state index is 0.133. The van der Waals surface area contributed by atoms with Crippen molar-refractivity contribution in [1.82, 2.24) is 15.0 Å². The van der Waals surface area contributed by atoms with E-state index in [4.69, 9.17) is 14.7 Å². The van der Waals surface area contributed by atoms with Gasteiger partial charge in [0.1, 0.15) is 37.0 Å². The minimum atomic E-state index is -0.548. The zero-order chi connectivity index (χ0) is 24.2. The van der Waals surface area contributed by atoms with E-state index in [9.17, 15) is 4.79 Å². The second kappa shape index (κ2) is 9.80. The van der Waals surface area contributed by atoms with Crippen molar-refractivity contribution in [2.45, 2.75) is 6.04 Å². The smallest absolute Gasteiger partial charge is 0.414 e. The third kappa shape index (κ3) is 4.77. The van der Waals surface area contributed by atoms with E-state index in [2.05, 4.69) is 25.9 Å². The molecule has 178 valence electrons. The number of amides is 1. The Labute approximate surface area is 201 Å².